The van der Waals surface area contributed by atoms with E-state index in [2.05, 4.69) is 17.1 Å². The van der Waals surface area contributed by atoms with Crippen molar-refractivity contribution in [3.05, 3.63) is 47.7 Å². The maximum Gasteiger partial charge on any atom is 0.226 e. The van der Waals surface area contributed by atoms with Gasteiger partial charge in [0.25, 0.3) is 0 Å². The van der Waals surface area contributed by atoms with Gasteiger partial charge >= 0.3 is 0 Å². The van der Waals surface area contributed by atoms with Gasteiger partial charge in [0.1, 0.15) is 0 Å². The van der Waals surface area contributed by atoms with Gasteiger partial charge in [-0.05, 0) is 17.9 Å². The highest BCUT2D eigenvalue weighted by Crippen LogP contribution is 2.21. The Morgan fingerprint density at radius 2 is 2.20 bits per heavy atom. The molecular weight excluding hydrogens is 254 g/mol. The molecule has 3 aromatic rings. The molecule has 0 fully saturated rings. The highest BCUT2D eigenvalue weighted by Gasteiger charge is 2.10. The molecule has 0 saturated carbocycles. The van der Waals surface area contributed by atoms with Gasteiger partial charge in [-0.3, -0.25) is 0 Å². The summed E-state index contributed by atoms with van der Waals surface area (Å²) in [6.45, 7) is 2.65. The fourth-order valence-electron chi connectivity index (χ4n) is 2.42. The first-order valence-corrected chi connectivity index (χ1v) is 6.81. The SMILES string of the molecule is CCCc1nc(Cn2ccc3cccc(CO)c32)no1. The van der Waals surface area contributed by atoms with Crippen LogP contribution in [-0.4, -0.2) is 19.8 Å². The second-order valence-corrected chi connectivity index (χ2v) is 4.81. The fraction of sp³-hybridized carbons (Fsp3) is 0.333. The number of benzene rings is 1. The Bertz CT molecular complexity index is 715. The molecule has 0 spiro atoms. The Hall–Kier alpha value is -2.14. The zero-order valence-electron chi connectivity index (χ0n) is 11.4. The van der Waals surface area contributed by atoms with Crippen molar-refractivity contribution in [1.29, 1.82) is 0 Å². The van der Waals surface area contributed by atoms with Crippen LogP contribution < -0.4 is 0 Å². The Balaban J connectivity index is 1.93. The highest BCUT2D eigenvalue weighted by atomic mass is 16.5. The zero-order valence-corrected chi connectivity index (χ0v) is 11.4. The first-order chi connectivity index (χ1) is 9.81. The van der Waals surface area contributed by atoms with E-state index < -0.39 is 0 Å². The molecule has 0 bridgehead atoms. The van der Waals surface area contributed by atoms with Crippen molar-refractivity contribution in [3.8, 4) is 0 Å². The average molecular weight is 271 g/mol. The van der Waals surface area contributed by atoms with E-state index in [1.807, 2.05) is 35.0 Å². The molecular formula is C15H17N3O2. The summed E-state index contributed by atoms with van der Waals surface area (Å²) in [4.78, 5) is 4.38. The summed E-state index contributed by atoms with van der Waals surface area (Å²) in [5.74, 6) is 1.35. The number of aromatic nitrogens is 3. The molecule has 3 rings (SSSR count). The summed E-state index contributed by atoms with van der Waals surface area (Å²) in [6.07, 6.45) is 3.78. The third-order valence-corrected chi connectivity index (χ3v) is 3.33. The number of fused-ring (bicyclic) bond motifs is 1. The largest absolute Gasteiger partial charge is 0.392 e. The van der Waals surface area contributed by atoms with E-state index in [1.54, 1.807) is 0 Å². The van der Waals surface area contributed by atoms with Gasteiger partial charge in [0, 0.05) is 18.2 Å². The highest BCUT2D eigenvalue weighted by molar-refractivity contribution is 5.83. The number of aliphatic hydroxyl groups is 1. The molecule has 0 amide bonds. The maximum absolute atomic E-state index is 9.46. The predicted octanol–water partition coefficient (Wildman–Crippen LogP) is 2.52. The van der Waals surface area contributed by atoms with Crippen molar-refractivity contribution >= 4 is 10.9 Å². The maximum atomic E-state index is 9.46. The van der Waals surface area contributed by atoms with Crippen LogP contribution in [0.25, 0.3) is 10.9 Å². The molecule has 5 heteroatoms. The number of aliphatic hydroxyl groups excluding tert-OH is 1. The van der Waals surface area contributed by atoms with E-state index in [-0.39, 0.29) is 6.61 Å². The van der Waals surface area contributed by atoms with Gasteiger partial charge in [0.2, 0.25) is 5.89 Å². The molecule has 0 aliphatic carbocycles. The molecule has 0 unspecified atom stereocenters. The standard InChI is InChI=1S/C15H17N3O2/c1-2-4-14-16-13(17-20-14)9-18-8-7-11-5-3-6-12(10-19)15(11)18/h3,5-8,19H,2,4,9-10H2,1H3. The minimum atomic E-state index is 0.0225. The summed E-state index contributed by atoms with van der Waals surface area (Å²) in [6, 6.07) is 7.94. The van der Waals surface area contributed by atoms with Crippen LogP contribution in [0.5, 0.6) is 0 Å². The predicted molar refractivity (Wildman–Crippen MR) is 75.3 cm³/mol. The monoisotopic (exact) mass is 271 g/mol. The second kappa shape index (κ2) is 5.46. The van der Waals surface area contributed by atoms with Crippen LogP contribution in [0.15, 0.2) is 35.0 Å². The molecule has 0 atom stereocenters. The number of nitrogens with zero attached hydrogens (tertiary/aromatic N) is 3. The lowest BCUT2D eigenvalue weighted by Gasteiger charge is -2.05. The normalized spacial score (nSPS) is 11.3. The van der Waals surface area contributed by atoms with Crippen molar-refractivity contribution in [2.45, 2.75) is 32.9 Å². The van der Waals surface area contributed by atoms with Crippen LogP contribution in [0, 0.1) is 0 Å². The van der Waals surface area contributed by atoms with E-state index in [0.717, 1.165) is 29.3 Å². The van der Waals surface area contributed by atoms with Gasteiger partial charge in [0.15, 0.2) is 5.82 Å². The number of hydrogen-bond acceptors (Lipinski definition) is 4. The second-order valence-electron chi connectivity index (χ2n) is 4.81. The number of para-hydroxylation sites is 1. The minimum absolute atomic E-state index is 0.0225. The third-order valence-electron chi connectivity index (χ3n) is 3.33. The number of hydrogen-bond donors (Lipinski definition) is 1. The molecule has 5 nitrogen and oxygen atoms in total. The van der Waals surface area contributed by atoms with Crippen molar-refractivity contribution < 1.29 is 9.63 Å². The van der Waals surface area contributed by atoms with Gasteiger partial charge in [-0.15, -0.1) is 0 Å². The molecule has 1 N–H and O–H groups in total. The lowest BCUT2D eigenvalue weighted by atomic mass is 10.1. The van der Waals surface area contributed by atoms with Crippen molar-refractivity contribution in [3.63, 3.8) is 0 Å². The molecule has 1 aromatic carbocycles. The van der Waals surface area contributed by atoms with E-state index in [0.29, 0.717) is 18.3 Å². The van der Waals surface area contributed by atoms with Crippen LogP contribution in [0.1, 0.15) is 30.6 Å². The summed E-state index contributed by atoms with van der Waals surface area (Å²) < 4.78 is 7.24. The molecule has 0 aliphatic heterocycles. The van der Waals surface area contributed by atoms with Crippen molar-refractivity contribution in [1.82, 2.24) is 14.7 Å². The molecule has 2 aromatic heterocycles. The van der Waals surface area contributed by atoms with E-state index in [9.17, 15) is 5.11 Å². The lowest BCUT2D eigenvalue weighted by Crippen LogP contribution is -2.02. The van der Waals surface area contributed by atoms with Crippen molar-refractivity contribution in [2.75, 3.05) is 0 Å². The summed E-state index contributed by atoms with van der Waals surface area (Å²) in [7, 11) is 0. The molecule has 104 valence electrons. The lowest BCUT2D eigenvalue weighted by molar-refractivity contribution is 0.283. The Morgan fingerprint density at radius 1 is 1.30 bits per heavy atom. The van der Waals surface area contributed by atoms with Crippen LogP contribution >= 0.6 is 0 Å². The van der Waals surface area contributed by atoms with Gasteiger partial charge in [-0.1, -0.05) is 30.3 Å². The smallest absolute Gasteiger partial charge is 0.226 e. The average Bonchev–Trinajstić information content (AvgIpc) is 3.07. The quantitative estimate of drug-likeness (QED) is 0.774. The minimum Gasteiger partial charge on any atom is -0.392 e. The summed E-state index contributed by atoms with van der Waals surface area (Å²) in [5.41, 5.74) is 1.93. The van der Waals surface area contributed by atoms with E-state index >= 15 is 0 Å². The zero-order chi connectivity index (χ0) is 13.9. The van der Waals surface area contributed by atoms with Crippen molar-refractivity contribution in [2.24, 2.45) is 0 Å². The first kappa shape index (κ1) is 12.9. The topological polar surface area (TPSA) is 64.1 Å². The van der Waals surface area contributed by atoms with Crippen LogP contribution in [0.4, 0.5) is 0 Å². The molecule has 0 saturated heterocycles. The van der Waals surface area contributed by atoms with Crippen LogP contribution in [-0.2, 0) is 19.6 Å². The van der Waals surface area contributed by atoms with Gasteiger partial charge < -0.3 is 14.2 Å². The molecule has 20 heavy (non-hydrogen) atoms. The van der Waals surface area contributed by atoms with Crippen LogP contribution in [0.3, 0.4) is 0 Å². The van der Waals surface area contributed by atoms with E-state index in [4.69, 9.17) is 4.52 Å². The Labute approximate surface area is 116 Å². The van der Waals surface area contributed by atoms with Gasteiger partial charge in [-0.25, -0.2) is 0 Å². The number of rotatable bonds is 5. The molecule has 2 heterocycles. The summed E-state index contributed by atoms with van der Waals surface area (Å²) in [5, 5.41) is 14.6. The van der Waals surface area contributed by atoms with E-state index in [1.165, 1.54) is 0 Å². The Kier molecular flexibility index (Phi) is 3.52. The number of aryl methyl sites for hydroxylation is 1. The molecule has 0 radical (unpaired) electrons. The molecule has 0 aliphatic rings. The summed E-state index contributed by atoms with van der Waals surface area (Å²) >= 11 is 0. The Morgan fingerprint density at radius 3 is 3.00 bits per heavy atom. The first-order valence-electron chi connectivity index (χ1n) is 6.81. The van der Waals surface area contributed by atoms with Crippen LogP contribution in [0.2, 0.25) is 0 Å². The van der Waals surface area contributed by atoms with Gasteiger partial charge in [0.05, 0.1) is 18.7 Å². The van der Waals surface area contributed by atoms with Gasteiger partial charge in [-0.2, -0.15) is 4.98 Å². The fourth-order valence-corrected chi connectivity index (χ4v) is 2.42. The third kappa shape index (κ3) is 2.32.